The molecule has 1 saturated heterocycles. The van der Waals surface area contributed by atoms with E-state index in [9.17, 15) is 14.0 Å². The van der Waals surface area contributed by atoms with Crippen molar-refractivity contribution in [2.45, 2.75) is 32.7 Å². The summed E-state index contributed by atoms with van der Waals surface area (Å²) in [5, 5.41) is 8.94. The Kier molecular flexibility index (Phi) is 5.71. The number of rotatable bonds is 5. The molecule has 1 aromatic carbocycles. The minimum atomic E-state index is -0.833. The first-order valence-corrected chi connectivity index (χ1v) is 7.93. The van der Waals surface area contributed by atoms with Crippen molar-refractivity contribution in [3.63, 3.8) is 0 Å². The van der Waals surface area contributed by atoms with Crippen LogP contribution in [-0.2, 0) is 4.79 Å². The van der Waals surface area contributed by atoms with Crippen LogP contribution in [0.4, 0.5) is 4.39 Å². The number of likely N-dealkylation sites (tertiary alicyclic amines) is 1. The molecule has 2 rings (SSSR count). The Balaban J connectivity index is 1.96. The van der Waals surface area contributed by atoms with Gasteiger partial charge in [0.2, 0.25) is 0 Å². The van der Waals surface area contributed by atoms with Gasteiger partial charge in [0.05, 0.1) is 6.54 Å². The number of carbonyl (C=O) groups is 2. The number of likely N-dealkylation sites (N-methyl/N-ethyl adjacent to an activating group) is 1. The molecule has 1 heterocycles. The first-order chi connectivity index (χ1) is 10.9. The third-order valence-corrected chi connectivity index (χ3v) is 4.43. The van der Waals surface area contributed by atoms with Gasteiger partial charge in [-0.15, -0.1) is 0 Å². The minimum absolute atomic E-state index is 0.0261. The van der Waals surface area contributed by atoms with Crippen molar-refractivity contribution >= 4 is 11.9 Å². The number of aryl methyl sites for hydroxylation is 1. The molecule has 0 atom stereocenters. The van der Waals surface area contributed by atoms with Crippen molar-refractivity contribution in [2.75, 3.05) is 26.2 Å². The maximum absolute atomic E-state index is 13.6. The average Bonchev–Trinajstić information content (AvgIpc) is 2.54. The topological polar surface area (TPSA) is 60.9 Å². The van der Waals surface area contributed by atoms with Crippen LogP contribution in [-0.4, -0.2) is 59.0 Å². The monoisotopic (exact) mass is 322 g/mol. The van der Waals surface area contributed by atoms with E-state index in [1.807, 2.05) is 11.8 Å². The molecule has 23 heavy (non-hydrogen) atoms. The lowest BCUT2D eigenvalue weighted by Gasteiger charge is -2.37. The number of carbonyl (C=O) groups excluding carboxylic acids is 1. The van der Waals surface area contributed by atoms with Crippen LogP contribution in [0.5, 0.6) is 0 Å². The van der Waals surface area contributed by atoms with E-state index in [0.717, 1.165) is 12.8 Å². The molecule has 0 unspecified atom stereocenters. The molecule has 1 fully saturated rings. The van der Waals surface area contributed by atoms with Gasteiger partial charge >= 0.3 is 5.97 Å². The van der Waals surface area contributed by atoms with E-state index < -0.39 is 5.97 Å². The van der Waals surface area contributed by atoms with Crippen LogP contribution in [0, 0.1) is 12.7 Å². The predicted octanol–water partition coefficient (Wildman–Crippen LogP) is 2.15. The lowest BCUT2D eigenvalue weighted by atomic mass is 10.0. The molecule has 126 valence electrons. The minimum Gasteiger partial charge on any atom is -0.480 e. The molecule has 0 spiro atoms. The number of aliphatic carboxylic acids is 1. The largest absolute Gasteiger partial charge is 0.480 e. The van der Waals surface area contributed by atoms with Gasteiger partial charge in [0.15, 0.2) is 0 Å². The van der Waals surface area contributed by atoms with Gasteiger partial charge in [-0.1, -0.05) is 13.0 Å². The Morgan fingerprint density at radius 1 is 1.35 bits per heavy atom. The lowest BCUT2D eigenvalue weighted by Crippen LogP contribution is -2.48. The molecular weight excluding hydrogens is 299 g/mol. The molecule has 0 radical (unpaired) electrons. The smallest absolute Gasteiger partial charge is 0.317 e. The first kappa shape index (κ1) is 17.4. The molecule has 1 N–H and O–H groups in total. The van der Waals surface area contributed by atoms with Gasteiger partial charge in [-0.2, -0.15) is 0 Å². The van der Waals surface area contributed by atoms with Crippen LogP contribution in [0.1, 0.15) is 35.7 Å². The summed E-state index contributed by atoms with van der Waals surface area (Å²) in [6.07, 6.45) is 1.47. The molecule has 6 heteroatoms. The summed E-state index contributed by atoms with van der Waals surface area (Å²) >= 11 is 0. The van der Waals surface area contributed by atoms with E-state index in [0.29, 0.717) is 30.8 Å². The van der Waals surface area contributed by atoms with E-state index in [4.69, 9.17) is 5.11 Å². The number of benzene rings is 1. The molecule has 5 nitrogen and oxygen atoms in total. The average molecular weight is 322 g/mol. The predicted molar refractivity (Wildman–Crippen MR) is 84.9 cm³/mol. The van der Waals surface area contributed by atoms with Crippen molar-refractivity contribution < 1.29 is 19.1 Å². The standard InChI is InChI=1S/C17H23FN2O3/c1-3-19(11-16(21)22)14-6-8-20(9-7-14)17(23)13-5-4-12(2)15(18)10-13/h4-5,10,14H,3,6-9,11H2,1-2H3,(H,21,22). The fraction of sp³-hybridized carbons (Fsp3) is 0.529. The molecular formula is C17H23FN2O3. The Morgan fingerprint density at radius 3 is 2.52 bits per heavy atom. The van der Waals surface area contributed by atoms with Crippen LogP contribution >= 0.6 is 0 Å². The van der Waals surface area contributed by atoms with Gasteiger partial charge in [-0.25, -0.2) is 4.39 Å². The number of hydrogen-bond donors (Lipinski definition) is 1. The van der Waals surface area contributed by atoms with Crippen LogP contribution < -0.4 is 0 Å². The zero-order valence-corrected chi connectivity index (χ0v) is 13.6. The molecule has 1 aliphatic heterocycles. The van der Waals surface area contributed by atoms with Gasteiger partial charge in [-0.05, 0) is 44.0 Å². The van der Waals surface area contributed by atoms with Gasteiger partial charge < -0.3 is 10.0 Å². The second-order valence-electron chi connectivity index (χ2n) is 5.94. The highest BCUT2D eigenvalue weighted by molar-refractivity contribution is 5.94. The van der Waals surface area contributed by atoms with Crippen LogP contribution in [0.15, 0.2) is 18.2 Å². The maximum atomic E-state index is 13.6. The fourth-order valence-corrected chi connectivity index (χ4v) is 3.02. The van der Waals surface area contributed by atoms with Crippen molar-refractivity contribution in [3.8, 4) is 0 Å². The van der Waals surface area contributed by atoms with Gasteiger partial charge in [0.25, 0.3) is 5.91 Å². The number of nitrogens with zero attached hydrogens (tertiary/aromatic N) is 2. The molecule has 1 aromatic rings. The van der Waals surface area contributed by atoms with E-state index in [1.165, 1.54) is 6.07 Å². The van der Waals surface area contributed by atoms with Gasteiger partial charge in [-0.3, -0.25) is 14.5 Å². The van der Waals surface area contributed by atoms with Crippen molar-refractivity contribution in [2.24, 2.45) is 0 Å². The number of hydrogen-bond acceptors (Lipinski definition) is 3. The highest BCUT2D eigenvalue weighted by atomic mass is 19.1. The van der Waals surface area contributed by atoms with Crippen molar-refractivity contribution in [3.05, 3.63) is 35.1 Å². The Bertz CT molecular complexity index is 583. The van der Waals surface area contributed by atoms with Gasteiger partial charge in [0, 0.05) is 24.7 Å². The second kappa shape index (κ2) is 7.55. The summed E-state index contributed by atoms with van der Waals surface area (Å²) in [6.45, 7) is 5.43. The van der Waals surface area contributed by atoms with Crippen LogP contribution in [0.2, 0.25) is 0 Å². The number of halogens is 1. The molecule has 0 aromatic heterocycles. The van der Waals surface area contributed by atoms with Crippen LogP contribution in [0.25, 0.3) is 0 Å². The van der Waals surface area contributed by atoms with Gasteiger partial charge in [0.1, 0.15) is 5.82 Å². The lowest BCUT2D eigenvalue weighted by molar-refractivity contribution is -0.139. The van der Waals surface area contributed by atoms with E-state index in [-0.39, 0.29) is 24.3 Å². The number of carboxylic acids is 1. The Hall–Kier alpha value is -1.95. The van der Waals surface area contributed by atoms with Crippen LogP contribution in [0.3, 0.4) is 0 Å². The molecule has 0 bridgehead atoms. The third kappa shape index (κ3) is 4.28. The summed E-state index contributed by atoms with van der Waals surface area (Å²) in [7, 11) is 0. The molecule has 1 amide bonds. The maximum Gasteiger partial charge on any atom is 0.317 e. The van der Waals surface area contributed by atoms with E-state index in [2.05, 4.69) is 0 Å². The quantitative estimate of drug-likeness (QED) is 0.902. The number of amides is 1. The zero-order chi connectivity index (χ0) is 17.0. The SMILES string of the molecule is CCN(CC(=O)O)C1CCN(C(=O)c2ccc(C)c(F)c2)CC1. The summed E-state index contributed by atoms with van der Waals surface area (Å²) in [6, 6.07) is 4.72. The van der Waals surface area contributed by atoms with E-state index >= 15 is 0 Å². The highest BCUT2D eigenvalue weighted by Gasteiger charge is 2.27. The summed E-state index contributed by atoms with van der Waals surface area (Å²) < 4.78 is 13.6. The Morgan fingerprint density at radius 2 is 2.00 bits per heavy atom. The third-order valence-electron chi connectivity index (χ3n) is 4.43. The number of piperidine rings is 1. The Labute approximate surface area is 135 Å². The summed E-state index contributed by atoms with van der Waals surface area (Å²) in [4.78, 5) is 27.0. The van der Waals surface area contributed by atoms with Crippen molar-refractivity contribution in [1.82, 2.24) is 9.80 Å². The highest BCUT2D eigenvalue weighted by Crippen LogP contribution is 2.19. The molecule has 0 aliphatic carbocycles. The fourth-order valence-electron chi connectivity index (χ4n) is 3.02. The summed E-state index contributed by atoms with van der Waals surface area (Å²) in [5.41, 5.74) is 0.886. The second-order valence-corrected chi connectivity index (χ2v) is 5.94. The zero-order valence-electron chi connectivity index (χ0n) is 13.6. The molecule has 0 saturated carbocycles. The summed E-state index contributed by atoms with van der Waals surface area (Å²) in [5.74, 6) is -1.37. The number of carboxylic acid groups (broad SMARTS) is 1. The van der Waals surface area contributed by atoms with E-state index in [1.54, 1.807) is 24.0 Å². The molecule has 1 aliphatic rings. The van der Waals surface area contributed by atoms with Crippen molar-refractivity contribution in [1.29, 1.82) is 0 Å². The normalized spacial score (nSPS) is 15.9. The first-order valence-electron chi connectivity index (χ1n) is 7.93.